The SMILES string of the molecule is O=C(COC(=O)C1=NN(c2ccccc2)C(=O)CC1)NCc1ccccc1. The summed E-state index contributed by atoms with van der Waals surface area (Å²) in [4.78, 5) is 36.1. The Morgan fingerprint density at radius 3 is 2.37 bits per heavy atom. The third kappa shape index (κ3) is 5.01. The Hall–Kier alpha value is -3.48. The lowest BCUT2D eigenvalue weighted by atomic mass is 10.1. The molecule has 0 spiro atoms. The summed E-state index contributed by atoms with van der Waals surface area (Å²) in [6.45, 7) is -0.0432. The maximum atomic E-state index is 12.2. The molecule has 1 heterocycles. The molecule has 0 unspecified atom stereocenters. The number of hydrogen-bond acceptors (Lipinski definition) is 5. The van der Waals surface area contributed by atoms with E-state index in [2.05, 4.69) is 10.4 Å². The van der Waals surface area contributed by atoms with Crippen LogP contribution in [0.5, 0.6) is 0 Å². The van der Waals surface area contributed by atoms with Crippen LogP contribution in [0.3, 0.4) is 0 Å². The molecule has 138 valence electrons. The molecule has 2 aromatic rings. The molecular formula is C20H19N3O4. The van der Waals surface area contributed by atoms with Crippen LogP contribution in [-0.2, 0) is 25.7 Å². The van der Waals surface area contributed by atoms with E-state index in [-0.39, 0.29) is 24.5 Å². The van der Waals surface area contributed by atoms with Crippen molar-refractivity contribution in [1.29, 1.82) is 0 Å². The summed E-state index contributed by atoms with van der Waals surface area (Å²) >= 11 is 0. The van der Waals surface area contributed by atoms with Gasteiger partial charge in [-0.1, -0.05) is 48.5 Å². The zero-order valence-corrected chi connectivity index (χ0v) is 14.6. The lowest BCUT2D eigenvalue weighted by Crippen LogP contribution is -2.36. The molecule has 0 aliphatic carbocycles. The summed E-state index contributed by atoms with van der Waals surface area (Å²) < 4.78 is 5.03. The number of benzene rings is 2. The van der Waals surface area contributed by atoms with Crippen molar-refractivity contribution in [2.24, 2.45) is 5.10 Å². The molecule has 7 heteroatoms. The molecule has 0 radical (unpaired) electrons. The van der Waals surface area contributed by atoms with Crippen molar-refractivity contribution >= 4 is 29.2 Å². The fourth-order valence-corrected chi connectivity index (χ4v) is 2.53. The number of rotatable bonds is 6. The highest BCUT2D eigenvalue weighted by Crippen LogP contribution is 2.19. The van der Waals surface area contributed by atoms with Crippen molar-refractivity contribution in [3.05, 3.63) is 66.2 Å². The number of ether oxygens (including phenoxy) is 1. The average Bonchev–Trinajstić information content (AvgIpc) is 2.72. The second-order valence-corrected chi connectivity index (χ2v) is 5.93. The van der Waals surface area contributed by atoms with Crippen molar-refractivity contribution in [2.45, 2.75) is 19.4 Å². The molecule has 27 heavy (non-hydrogen) atoms. The smallest absolute Gasteiger partial charge is 0.355 e. The minimum absolute atomic E-state index is 0.120. The fraction of sp³-hybridized carbons (Fsp3) is 0.200. The zero-order valence-electron chi connectivity index (χ0n) is 14.6. The van der Waals surface area contributed by atoms with Crippen LogP contribution in [0, 0.1) is 0 Å². The first-order valence-electron chi connectivity index (χ1n) is 8.57. The molecule has 2 aromatic carbocycles. The standard InChI is InChI=1S/C20H19N3O4/c24-18(21-13-15-7-3-1-4-8-15)14-27-20(26)17-11-12-19(25)23(22-17)16-9-5-2-6-10-16/h1-10H,11-14H2,(H,21,24). The topological polar surface area (TPSA) is 88.1 Å². The van der Waals surface area contributed by atoms with Crippen molar-refractivity contribution in [3.8, 4) is 0 Å². The largest absolute Gasteiger partial charge is 0.451 e. The Morgan fingerprint density at radius 2 is 1.67 bits per heavy atom. The molecule has 1 aliphatic heterocycles. The molecule has 1 N–H and O–H groups in total. The first-order valence-corrected chi connectivity index (χ1v) is 8.57. The van der Waals surface area contributed by atoms with Gasteiger partial charge in [0.15, 0.2) is 6.61 Å². The molecule has 0 saturated carbocycles. The van der Waals surface area contributed by atoms with Crippen LogP contribution >= 0.6 is 0 Å². The number of nitrogens with one attached hydrogen (secondary N) is 1. The van der Waals surface area contributed by atoms with Crippen LogP contribution < -0.4 is 10.3 Å². The number of esters is 1. The molecule has 0 fully saturated rings. The number of nitrogens with zero attached hydrogens (tertiary/aromatic N) is 2. The lowest BCUT2D eigenvalue weighted by molar-refractivity contribution is -0.142. The number of carbonyl (C=O) groups is 3. The van der Waals surface area contributed by atoms with E-state index in [9.17, 15) is 14.4 Å². The van der Waals surface area contributed by atoms with Crippen LogP contribution in [0.4, 0.5) is 5.69 Å². The molecule has 1 aliphatic rings. The Morgan fingerprint density at radius 1 is 1.00 bits per heavy atom. The third-order valence-corrected chi connectivity index (χ3v) is 3.94. The normalized spacial score (nSPS) is 13.7. The van der Waals surface area contributed by atoms with E-state index in [0.29, 0.717) is 12.2 Å². The molecule has 0 saturated heterocycles. The van der Waals surface area contributed by atoms with Gasteiger partial charge in [0.05, 0.1) is 5.69 Å². The van der Waals surface area contributed by atoms with E-state index in [4.69, 9.17) is 4.74 Å². The zero-order chi connectivity index (χ0) is 19.1. The Kier molecular flexibility index (Phi) is 5.94. The third-order valence-electron chi connectivity index (χ3n) is 3.94. The molecule has 7 nitrogen and oxygen atoms in total. The summed E-state index contributed by atoms with van der Waals surface area (Å²) in [6, 6.07) is 18.3. The highest BCUT2D eigenvalue weighted by Gasteiger charge is 2.26. The van der Waals surface area contributed by atoms with Crippen molar-refractivity contribution in [1.82, 2.24) is 5.32 Å². The summed E-state index contributed by atoms with van der Waals surface area (Å²) in [5.74, 6) is -1.30. The van der Waals surface area contributed by atoms with Gasteiger partial charge in [0.1, 0.15) is 5.71 Å². The van der Waals surface area contributed by atoms with Crippen LogP contribution in [0.15, 0.2) is 65.8 Å². The van der Waals surface area contributed by atoms with Crippen LogP contribution in [0.2, 0.25) is 0 Å². The molecule has 0 bridgehead atoms. The van der Waals surface area contributed by atoms with E-state index in [0.717, 1.165) is 5.56 Å². The molecular weight excluding hydrogens is 346 g/mol. The maximum Gasteiger partial charge on any atom is 0.355 e. The second kappa shape index (κ2) is 8.75. The van der Waals surface area contributed by atoms with Gasteiger partial charge >= 0.3 is 5.97 Å². The summed E-state index contributed by atoms with van der Waals surface area (Å²) in [7, 11) is 0. The highest BCUT2D eigenvalue weighted by molar-refractivity contribution is 6.38. The number of carbonyl (C=O) groups excluding carboxylic acids is 3. The lowest BCUT2D eigenvalue weighted by Gasteiger charge is -2.22. The van der Waals surface area contributed by atoms with Gasteiger partial charge in [0.2, 0.25) is 5.91 Å². The quantitative estimate of drug-likeness (QED) is 0.794. The van der Waals surface area contributed by atoms with E-state index >= 15 is 0 Å². The first-order chi connectivity index (χ1) is 13.1. The van der Waals surface area contributed by atoms with Gasteiger partial charge in [-0.15, -0.1) is 0 Å². The van der Waals surface area contributed by atoms with Gasteiger partial charge in [-0.3, -0.25) is 9.59 Å². The molecule has 0 atom stereocenters. The Balaban J connectivity index is 1.54. The highest BCUT2D eigenvalue weighted by atomic mass is 16.5. The number of para-hydroxylation sites is 1. The molecule has 3 rings (SSSR count). The van der Waals surface area contributed by atoms with E-state index in [1.54, 1.807) is 24.3 Å². The summed E-state index contributed by atoms with van der Waals surface area (Å²) in [6.07, 6.45) is 0.343. The summed E-state index contributed by atoms with van der Waals surface area (Å²) in [5.41, 5.74) is 1.65. The van der Waals surface area contributed by atoms with Crippen molar-refractivity contribution < 1.29 is 19.1 Å². The minimum atomic E-state index is -0.696. The van der Waals surface area contributed by atoms with Crippen molar-refractivity contribution in [2.75, 3.05) is 11.6 Å². The Labute approximate surface area is 156 Å². The fourth-order valence-electron chi connectivity index (χ4n) is 2.53. The van der Waals surface area contributed by atoms with Crippen LogP contribution in [0.25, 0.3) is 0 Å². The predicted octanol–water partition coefficient (Wildman–Crippen LogP) is 2.03. The van der Waals surface area contributed by atoms with Gasteiger partial charge in [-0.25, -0.2) is 9.80 Å². The van der Waals surface area contributed by atoms with Gasteiger partial charge < -0.3 is 10.1 Å². The first kappa shape index (κ1) is 18.3. The molecule has 2 amide bonds. The van der Waals surface area contributed by atoms with Crippen molar-refractivity contribution in [3.63, 3.8) is 0 Å². The van der Waals surface area contributed by atoms with Gasteiger partial charge in [-0.2, -0.15) is 5.10 Å². The number of hydrogen-bond donors (Lipinski definition) is 1. The van der Waals surface area contributed by atoms with Gasteiger partial charge in [0.25, 0.3) is 5.91 Å². The second-order valence-electron chi connectivity index (χ2n) is 5.93. The van der Waals surface area contributed by atoms with E-state index in [1.165, 1.54) is 5.01 Å². The number of anilines is 1. The van der Waals surface area contributed by atoms with E-state index in [1.807, 2.05) is 36.4 Å². The number of amides is 2. The predicted molar refractivity (Wildman–Crippen MR) is 99.8 cm³/mol. The van der Waals surface area contributed by atoms with Crippen LogP contribution in [0.1, 0.15) is 18.4 Å². The van der Waals surface area contributed by atoms with Crippen LogP contribution in [-0.4, -0.2) is 30.1 Å². The summed E-state index contributed by atoms with van der Waals surface area (Å²) in [5, 5.41) is 7.97. The monoisotopic (exact) mass is 365 g/mol. The minimum Gasteiger partial charge on any atom is -0.451 e. The number of hydrazone groups is 1. The van der Waals surface area contributed by atoms with Gasteiger partial charge in [0, 0.05) is 19.4 Å². The average molecular weight is 365 g/mol. The maximum absolute atomic E-state index is 12.2. The van der Waals surface area contributed by atoms with E-state index < -0.39 is 18.5 Å². The van der Waals surface area contributed by atoms with Gasteiger partial charge in [-0.05, 0) is 17.7 Å². The Bertz CT molecular complexity index is 850. The molecule has 0 aromatic heterocycles.